The molecule has 0 spiro atoms. The molecule has 0 saturated heterocycles. The number of amides is 1. The number of hydrogen-bond acceptors (Lipinski definition) is 5. The van der Waals surface area contributed by atoms with Gasteiger partial charge >= 0.3 is 5.97 Å². The number of halogens is 1. The molecular weight excluding hydrogens is 397 g/mol. The van der Waals surface area contributed by atoms with Crippen molar-refractivity contribution in [3.8, 4) is 0 Å². The number of hydrogen-bond donors (Lipinski definition) is 0. The van der Waals surface area contributed by atoms with Crippen molar-refractivity contribution in [2.24, 2.45) is 0 Å². The van der Waals surface area contributed by atoms with Crippen molar-refractivity contribution in [3.05, 3.63) is 83.5 Å². The van der Waals surface area contributed by atoms with Crippen molar-refractivity contribution < 1.29 is 27.1 Å². The Labute approximate surface area is 167 Å². The molecule has 0 fully saturated rings. The zero-order valence-corrected chi connectivity index (χ0v) is 16.1. The summed E-state index contributed by atoms with van der Waals surface area (Å²) in [6.45, 7) is -0.550. The van der Waals surface area contributed by atoms with Crippen molar-refractivity contribution >= 4 is 33.5 Å². The van der Waals surface area contributed by atoms with Crippen molar-refractivity contribution in [1.82, 2.24) is 0 Å². The number of carbonyl (C=O) groups is 2. The Morgan fingerprint density at radius 1 is 1.10 bits per heavy atom. The van der Waals surface area contributed by atoms with Gasteiger partial charge in [0.15, 0.2) is 16.4 Å². The van der Waals surface area contributed by atoms with Crippen LogP contribution in [0.1, 0.15) is 5.56 Å². The Hall–Kier alpha value is -3.26. The van der Waals surface area contributed by atoms with Crippen molar-refractivity contribution in [2.45, 2.75) is 6.04 Å². The highest BCUT2D eigenvalue weighted by atomic mass is 32.2. The molecule has 0 saturated carbocycles. The van der Waals surface area contributed by atoms with Crippen LogP contribution in [0.3, 0.4) is 0 Å². The maximum Gasteiger partial charge on any atom is 0.331 e. The average Bonchev–Trinajstić information content (AvgIpc) is 3.06. The van der Waals surface area contributed by atoms with Crippen LogP contribution < -0.4 is 4.90 Å². The molecular formula is C21H18FNO5S. The van der Waals surface area contributed by atoms with Crippen LogP contribution in [0.5, 0.6) is 0 Å². The average molecular weight is 415 g/mol. The van der Waals surface area contributed by atoms with Gasteiger partial charge in [-0.15, -0.1) is 0 Å². The second-order valence-electron chi connectivity index (χ2n) is 6.32. The van der Waals surface area contributed by atoms with Gasteiger partial charge in [-0.1, -0.05) is 30.3 Å². The standard InChI is InChI=1S/C21H18FNO5S/c22-17-9-6-16(7-10-17)8-11-21(25)28-14-20(24)23(18-4-2-1-3-5-18)19-12-13-29(26,27)15-19/h1-13,19H,14-15H2/b11-8+. The number of anilines is 1. The van der Waals surface area contributed by atoms with Crippen LogP contribution in [0.4, 0.5) is 10.1 Å². The lowest BCUT2D eigenvalue weighted by Crippen LogP contribution is -2.43. The summed E-state index contributed by atoms with van der Waals surface area (Å²) in [7, 11) is -3.38. The van der Waals surface area contributed by atoms with E-state index in [1.165, 1.54) is 41.3 Å². The molecule has 1 atom stereocenters. The summed E-state index contributed by atoms with van der Waals surface area (Å²) >= 11 is 0. The fourth-order valence-electron chi connectivity index (χ4n) is 2.82. The van der Waals surface area contributed by atoms with E-state index in [1.807, 2.05) is 0 Å². The quantitative estimate of drug-likeness (QED) is 0.535. The SMILES string of the molecule is O=C(/C=C/c1ccc(F)cc1)OCC(=O)N(c1ccccc1)C1C=CS(=O)(=O)C1. The first-order chi connectivity index (χ1) is 13.8. The lowest BCUT2D eigenvalue weighted by Gasteiger charge is -2.27. The predicted octanol–water partition coefficient (Wildman–Crippen LogP) is 2.73. The molecule has 3 rings (SSSR count). The predicted molar refractivity (Wildman–Crippen MR) is 107 cm³/mol. The molecule has 1 aliphatic heterocycles. The second-order valence-corrected chi connectivity index (χ2v) is 8.25. The molecule has 0 aromatic heterocycles. The Bertz CT molecular complexity index is 1050. The van der Waals surface area contributed by atoms with Crippen molar-refractivity contribution in [3.63, 3.8) is 0 Å². The van der Waals surface area contributed by atoms with Crippen molar-refractivity contribution in [2.75, 3.05) is 17.3 Å². The van der Waals surface area contributed by atoms with Gasteiger partial charge in [0.25, 0.3) is 5.91 Å². The molecule has 0 radical (unpaired) electrons. The van der Waals surface area contributed by atoms with Gasteiger partial charge in [0.1, 0.15) is 5.82 Å². The van der Waals surface area contributed by atoms with Gasteiger partial charge in [-0.2, -0.15) is 0 Å². The third-order valence-corrected chi connectivity index (χ3v) is 5.54. The minimum absolute atomic E-state index is 0.230. The van der Waals surface area contributed by atoms with Gasteiger partial charge in [-0.3, -0.25) is 4.79 Å². The molecule has 150 valence electrons. The van der Waals surface area contributed by atoms with Gasteiger partial charge < -0.3 is 9.64 Å². The van der Waals surface area contributed by atoms with Gasteiger partial charge in [0.2, 0.25) is 0 Å². The number of ether oxygens (including phenoxy) is 1. The molecule has 1 unspecified atom stereocenters. The minimum atomic E-state index is -3.38. The van der Waals surface area contributed by atoms with E-state index in [2.05, 4.69) is 0 Å². The van der Waals surface area contributed by atoms with Gasteiger partial charge in [0, 0.05) is 17.2 Å². The molecule has 1 heterocycles. The lowest BCUT2D eigenvalue weighted by molar-refractivity contribution is -0.143. The third-order valence-electron chi connectivity index (χ3n) is 4.17. The molecule has 1 amide bonds. The molecule has 1 aliphatic rings. The number of rotatable bonds is 6. The Morgan fingerprint density at radius 3 is 2.41 bits per heavy atom. The fraction of sp³-hybridized carbons (Fsp3) is 0.143. The summed E-state index contributed by atoms with van der Waals surface area (Å²) in [5.74, 6) is -1.91. The molecule has 2 aromatic carbocycles. The molecule has 0 N–H and O–H groups in total. The van der Waals surface area contributed by atoms with E-state index < -0.39 is 34.4 Å². The zero-order chi connectivity index (χ0) is 20.9. The summed E-state index contributed by atoms with van der Waals surface area (Å²) in [6.07, 6.45) is 4.01. The molecule has 8 heteroatoms. The number of para-hydroxylation sites is 1. The zero-order valence-electron chi connectivity index (χ0n) is 15.3. The second kappa shape index (κ2) is 8.83. The third kappa shape index (κ3) is 5.61. The Morgan fingerprint density at radius 2 is 1.79 bits per heavy atom. The minimum Gasteiger partial charge on any atom is -0.452 e. The van der Waals surface area contributed by atoms with E-state index in [-0.39, 0.29) is 11.6 Å². The largest absolute Gasteiger partial charge is 0.452 e. The summed E-state index contributed by atoms with van der Waals surface area (Å²) in [5, 5.41) is 1.08. The van der Waals surface area contributed by atoms with Crippen LogP contribution in [0.25, 0.3) is 6.08 Å². The maximum atomic E-state index is 12.9. The fourth-order valence-corrected chi connectivity index (χ4v) is 4.09. The highest BCUT2D eigenvalue weighted by molar-refractivity contribution is 7.94. The van der Waals surface area contributed by atoms with Crippen LogP contribution in [0.15, 0.2) is 72.2 Å². The molecule has 2 aromatic rings. The highest BCUT2D eigenvalue weighted by Gasteiger charge is 2.31. The highest BCUT2D eigenvalue weighted by Crippen LogP contribution is 2.22. The first-order valence-corrected chi connectivity index (χ1v) is 10.4. The lowest BCUT2D eigenvalue weighted by atomic mass is 10.2. The first kappa shape index (κ1) is 20.5. The molecule has 0 aliphatic carbocycles. The van der Waals surface area contributed by atoms with E-state index >= 15 is 0 Å². The number of sulfone groups is 1. The van der Waals surface area contributed by atoms with Crippen LogP contribution >= 0.6 is 0 Å². The maximum absolute atomic E-state index is 12.9. The summed E-state index contributed by atoms with van der Waals surface area (Å²) in [6, 6.07) is 13.4. The first-order valence-electron chi connectivity index (χ1n) is 8.72. The van der Waals surface area contributed by atoms with E-state index in [4.69, 9.17) is 4.74 Å². The Balaban J connectivity index is 1.66. The van der Waals surface area contributed by atoms with Crippen LogP contribution in [-0.4, -0.2) is 38.7 Å². The topological polar surface area (TPSA) is 80.8 Å². The van der Waals surface area contributed by atoms with Crippen LogP contribution in [0.2, 0.25) is 0 Å². The van der Waals surface area contributed by atoms with Gasteiger partial charge in [-0.05, 0) is 42.0 Å². The van der Waals surface area contributed by atoms with E-state index in [0.29, 0.717) is 11.3 Å². The summed E-state index contributed by atoms with van der Waals surface area (Å²) < 4.78 is 41.4. The summed E-state index contributed by atoms with van der Waals surface area (Å²) in [5.41, 5.74) is 1.10. The van der Waals surface area contributed by atoms with Gasteiger partial charge in [-0.25, -0.2) is 17.6 Å². The number of benzene rings is 2. The van der Waals surface area contributed by atoms with E-state index in [1.54, 1.807) is 30.3 Å². The molecule has 6 nitrogen and oxygen atoms in total. The monoisotopic (exact) mass is 415 g/mol. The van der Waals surface area contributed by atoms with E-state index in [9.17, 15) is 22.4 Å². The normalized spacial score (nSPS) is 17.3. The van der Waals surface area contributed by atoms with E-state index in [0.717, 1.165) is 11.5 Å². The molecule has 29 heavy (non-hydrogen) atoms. The number of esters is 1. The smallest absolute Gasteiger partial charge is 0.331 e. The van der Waals surface area contributed by atoms with Crippen LogP contribution in [-0.2, 0) is 24.2 Å². The van der Waals surface area contributed by atoms with Crippen LogP contribution in [0, 0.1) is 5.82 Å². The molecule has 0 bridgehead atoms. The number of carbonyl (C=O) groups excluding carboxylic acids is 2. The summed E-state index contributed by atoms with van der Waals surface area (Å²) in [4.78, 5) is 25.9. The van der Waals surface area contributed by atoms with Gasteiger partial charge in [0.05, 0.1) is 11.8 Å². The number of nitrogens with zero attached hydrogens (tertiary/aromatic N) is 1. The Kier molecular flexibility index (Phi) is 6.23. The van der Waals surface area contributed by atoms with Crippen molar-refractivity contribution in [1.29, 1.82) is 0 Å².